The van der Waals surface area contributed by atoms with E-state index in [0.29, 0.717) is 16.9 Å². The third-order valence-corrected chi connectivity index (χ3v) is 4.92. The number of rotatable bonds is 8. The molecule has 0 spiro atoms. The number of hydrogen-bond donors (Lipinski definition) is 1. The summed E-state index contributed by atoms with van der Waals surface area (Å²) in [6.45, 7) is 1.59. The Morgan fingerprint density at radius 1 is 1.15 bits per heavy atom. The van der Waals surface area contributed by atoms with Crippen molar-refractivity contribution in [3.8, 4) is 0 Å². The number of carbonyl (C=O) groups is 2. The first kappa shape index (κ1) is 19.7. The molecule has 1 amide bonds. The fourth-order valence-electron chi connectivity index (χ4n) is 2.30. The standard InChI is InChI=1S/C18H21N3O4S/c1-14(22)15-6-5-8-16(12-15)20-18(23)9-11-21(26(2,24)25)13-17-7-3-4-10-19-17/h3-8,10,12H,9,11,13H2,1-2H3,(H,20,23). The summed E-state index contributed by atoms with van der Waals surface area (Å²) in [6.07, 6.45) is 2.68. The first-order valence-corrected chi connectivity index (χ1v) is 9.86. The normalized spacial score (nSPS) is 11.3. The molecule has 8 heteroatoms. The molecule has 0 radical (unpaired) electrons. The van der Waals surface area contributed by atoms with Crippen molar-refractivity contribution < 1.29 is 18.0 Å². The lowest BCUT2D eigenvalue weighted by Crippen LogP contribution is -2.32. The van der Waals surface area contributed by atoms with Crippen LogP contribution in [-0.2, 0) is 21.4 Å². The second-order valence-corrected chi connectivity index (χ2v) is 7.84. The van der Waals surface area contributed by atoms with Crippen LogP contribution in [0.15, 0.2) is 48.7 Å². The van der Waals surface area contributed by atoms with E-state index in [1.165, 1.54) is 11.2 Å². The molecule has 0 atom stereocenters. The lowest BCUT2D eigenvalue weighted by Gasteiger charge is -2.19. The second-order valence-electron chi connectivity index (χ2n) is 5.85. The highest BCUT2D eigenvalue weighted by Gasteiger charge is 2.19. The molecule has 2 aromatic rings. The van der Waals surface area contributed by atoms with Gasteiger partial charge in [-0.2, -0.15) is 4.31 Å². The second kappa shape index (κ2) is 8.68. The summed E-state index contributed by atoms with van der Waals surface area (Å²) in [5, 5.41) is 2.68. The van der Waals surface area contributed by atoms with Crippen molar-refractivity contribution in [1.29, 1.82) is 0 Å². The van der Waals surface area contributed by atoms with Crippen molar-refractivity contribution in [2.45, 2.75) is 19.9 Å². The Morgan fingerprint density at radius 3 is 2.54 bits per heavy atom. The molecule has 0 fully saturated rings. The van der Waals surface area contributed by atoms with Crippen LogP contribution in [-0.4, -0.2) is 42.2 Å². The molecule has 1 N–H and O–H groups in total. The number of Topliss-reactive ketones (excluding diaryl/α,β-unsaturated/α-hetero) is 1. The van der Waals surface area contributed by atoms with E-state index in [4.69, 9.17) is 0 Å². The third-order valence-electron chi connectivity index (χ3n) is 3.67. The molecule has 7 nitrogen and oxygen atoms in total. The van der Waals surface area contributed by atoms with Gasteiger partial charge >= 0.3 is 0 Å². The molecular formula is C18H21N3O4S. The lowest BCUT2D eigenvalue weighted by atomic mass is 10.1. The minimum atomic E-state index is -3.48. The van der Waals surface area contributed by atoms with Gasteiger partial charge in [0.25, 0.3) is 0 Å². The third kappa shape index (κ3) is 6.05. The molecule has 1 aromatic heterocycles. The highest BCUT2D eigenvalue weighted by atomic mass is 32.2. The van der Waals surface area contributed by atoms with Crippen LogP contribution in [0.25, 0.3) is 0 Å². The molecule has 138 valence electrons. The minimum absolute atomic E-state index is 0.00972. The quantitative estimate of drug-likeness (QED) is 0.713. The van der Waals surface area contributed by atoms with Crippen molar-refractivity contribution in [2.75, 3.05) is 18.1 Å². The topological polar surface area (TPSA) is 96.4 Å². The highest BCUT2D eigenvalue weighted by Crippen LogP contribution is 2.12. The first-order valence-electron chi connectivity index (χ1n) is 8.01. The molecule has 2 rings (SSSR count). The molecule has 0 saturated heterocycles. The molecule has 1 aromatic carbocycles. The molecule has 0 aliphatic rings. The number of hydrogen-bond acceptors (Lipinski definition) is 5. The first-order chi connectivity index (χ1) is 12.3. The molecule has 26 heavy (non-hydrogen) atoms. The Bertz CT molecular complexity index is 882. The van der Waals surface area contributed by atoms with E-state index in [-0.39, 0.29) is 31.2 Å². The number of pyridine rings is 1. The Balaban J connectivity index is 1.98. The van der Waals surface area contributed by atoms with Crippen LogP contribution in [0, 0.1) is 0 Å². The fraction of sp³-hybridized carbons (Fsp3) is 0.278. The SMILES string of the molecule is CC(=O)c1cccc(NC(=O)CCN(Cc2ccccn2)S(C)(=O)=O)c1. The molecule has 1 heterocycles. The molecule has 0 unspecified atom stereocenters. The maximum absolute atomic E-state index is 12.1. The minimum Gasteiger partial charge on any atom is -0.326 e. The van der Waals surface area contributed by atoms with E-state index in [1.807, 2.05) is 0 Å². The number of sulfonamides is 1. The van der Waals surface area contributed by atoms with Gasteiger partial charge < -0.3 is 5.32 Å². The largest absolute Gasteiger partial charge is 0.326 e. The zero-order valence-corrected chi connectivity index (χ0v) is 15.5. The summed E-state index contributed by atoms with van der Waals surface area (Å²) < 4.78 is 25.1. The highest BCUT2D eigenvalue weighted by molar-refractivity contribution is 7.88. The van der Waals surface area contributed by atoms with E-state index in [0.717, 1.165) is 6.26 Å². The van der Waals surface area contributed by atoms with E-state index in [1.54, 1.807) is 48.7 Å². The maximum Gasteiger partial charge on any atom is 0.225 e. The van der Waals surface area contributed by atoms with Crippen molar-refractivity contribution >= 4 is 27.4 Å². The van der Waals surface area contributed by atoms with Gasteiger partial charge in [0, 0.05) is 30.4 Å². The average molecular weight is 375 g/mol. The van der Waals surface area contributed by atoms with Crippen LogP contribution in [0.4, 0.5) is 5.69 Å². The van der Waals surface area contributed by atoms with Gasteiger partial charge in [-0.25, -0.2) is 8.42 Å². The van der Waals surface area contributed by atoms with Gasteiger partial charge in [0.2, 0.25) is 15.9 Å². The number of nitrogens with zero attached hydrogens (tertiary/aromatic N) is 2. The van der Waals surface area contributed by atoms with E-state index < -0.39 is 10.0 Å². The number of aromatic nitrogens is 1. The van der Waals surface area contributed by atoms with E-state index in [2.05, 4.69) is 10.3 Å². The Hall–Kier alpha value is -2.58. The van der Waals surface area contributed by atoms with Gasteiger partial charge in [-0.15, -0.1) is 0 Å². The summed E-state index contributed by atoms with van der Waals surface area (Å²) >= 11 is 0. The summed E-state index contributed by atoms with van der Waals surface area (Å²) in [6, 6.07) is 11.8. The van der Waals surface area contributed by atoms with E-state index >= 15 is 0 Å². The lowest BCUT2D eigenvalue weighted by molar-refractivity contribution is -0.116. The molecular weight excluding hydrogens is 354 g/mol. The zero-order chi connectivity index (χ0) is 19.2. The summed E-state index contributed by atoms with van der Waals surface area (Å²) in [4.78, 5) is 27.6. The van der Waals surface area contributed by atoms with Crippen molar-refractivity contribution in [3.05, 3.63) is 59.9 Å². The van der Waals surface area contributed by atoms with E-state index in [9.17, 15) is 18.0 Å². The van der Waals surface area contributed by atoms with Crippen LogP contribution in [0.3, 0.4) is 0 Å². The van der Waals surface area contributed by atoms with Crippen LogP contribution in [0.1, 0.15) is 29.4 Å². The Kier molecular flexibility index (Phi) is 6.59. The van der Waals surface area contributed by atoms with Crippen LogP contribution in [0.2, 0.25) is 0 Å². The van der Waals surface area contributed by atoms with Gasteiger partial charge in [0.15, 0.2) is 5.78 Å². The maximum atomic E-state index is 12.1. The summed E-state index contributed by atoms with van der Waals surface area (Å²) in [5.74, 6) is -0.430. The Labute approximate surface area is 153 Å². The predicted molar refractivity (Wildman–Crippen MR) is 99.2 cm³/mol. The monoisotopic (exact) mass is 375 g/mol. The van der Waals surface area contributed by atoms with Crippen molar-refractivity contribution in [2.24, 2.45) is 0 Å². The van der Waals surface area contributed by atoms with Crippen molar-refractivity contribution in [3.63, 3.8) is 0 Å². The number of anilines is 1. The number of benzene rings is 1. The summed E-state index contributed by atoms with van der Waals surface area (Å²) in [5.41, 5.74) is 1.60. The molecule has 0 saturated carbocycles. The van der Waals surface area contributed by atoms with Gasteiger partial charge in [0.05, 0.1) is 18.5 Å². The Morgan fingerprint density at radius 2 is 1.92 bits per heavy atom. The average Bonchev–Trinajstić information content (AvgIpc) is 2.58. The van der Waals surface area contributed by atoms with Crippen LogP contribution in [0.5, 0.6) is 0 Å². The summed E-state index contributed by atoms with van der Waals surface area (Å²) in [7, 11) is -3.48. The predicted octanol–water partition coefficient (Wildman–Crippen LogP) is 2.07. The molecule has 0 aliphatic carbocycles. The molecule has 0 bridgehead atoms. The number of nitrogens with one attached hydrogen (secondary N) is 1. The van der Waals surface area contributed by atoms with Gasteiger partial charge in [-0.1, -0.05) is 18.2 Å². The smallest absolute Gasteiger partial charge is 0.225 e. The van der Waals surface area contributed by atoms with Gasteiger partial charge in [0.1, 0.15) is 0 Å². The zero-order valence-electron chi connectivity index (χ0n) is 14.7. The molecule has 0 aliphatic heterocycles. The number of amides is 1. The fourth-order valence-corrected chi connectivity index (χ4v) is 3.09. The van der Waals surface area contributed by atoms with Crippen LogP contribution >= 0.6 is 0 Å². The number of carbonyl (C=O) groups excluding carboxylic acids is 2. The van der Waals surface area contributed by atoms with Crippen molar-refractivity contribution in [1.82, 2.24) is 9.29 Å². The van der Waals surface area contributed by atoms with Gasteiger partial charge in [-0.05, 0) is 31.2 Å². The number of ketones is 1. The van der Waals surface area contributed by atoms with Gasteiger partial charge in [-0.3, -0.25) is 14.6 Å². The van der Waals surface area contributed by atoms with Crippen LogP contribution < -0.4 is 5.32 Å².